The first-order valence-electron chi connectivity index (χ1n) is 9.85. The van der Waals surface area contributed by atoms with Crippen LogP contribution in [0.5, 0.6) is 0 Å². The zero-order valence-corrected chi connectivity index (χ0v) is 15.9. The largest absolute Gasteiger partial charge is 0.382 e. The summed E-state index contributed by atoms with van der Waals surface area (Å²) < 4.78 is 0. The third-order valence-corrected chi connectivity index (χ3v) is 6.25. The molecule has 1 fully saturated rings. The Kier molecular flexibility index (Phi) is 4.01. The van der Waals surface area contributed by atoms with Gasteiger partial charge in [0, 0.05) is 35.7 Å². The van der Waals surface area contributed by atoms with Gasteiger partial charge in [0.05, 0.1) is 5.69 Å². The SMILES string of the molecule is Nc1cc(C(=O)N2CCC3(CCc4c3nc(-c3ccccc3)[nH]c4=O)CC2)[nH]n1. The lowest BCUT2D eigenvalue weighted by Gasteiger charge is -2.39. The molecule has 3 aromatic rings. The van der Waals surface area contributed by atoms with E-state index in [0.717, 1.165) is 42.5 Å². The van der Waals surface area contributed by atoms with Gasteiger partial charge in [0.2, 0.25) is 0 Å². The number of nitrogens with two attached hydrogens (primary N) is 1. The fourth-order valence-corrected chi connectivity index (χ4v) is 4.63. The van der Waals surface area contributed by atoms with Gasteiger partial charge in [-0.3, -0.25) is 14.7 Å². The number of nitrogens with one attached hydrogen (secondary N) is 2. The van der Waals surface area contributed by atoms with E-state index in [1.165, 1.54) is 0 Å². The zero-order chi connectivity index (χ0) is 20.0. The van der Waals surface area contributed by atoms with Crippen LogP contribution in [-0.2, 0) is 11.8 Å². The first kappa shape index (κ1) is 17.7. The number of likely N-dealkylation sites (tertiary alicyclic amines) is 1. The van der Waals surface area contributed by atoms with Crippen molar-refractivity contribution in [3.8, 4) is 11.4 Å². The highest BCUT2D eigenvalue weighted by molar-refractivity contribution is 5.93. The Hall–Kier alpha value is -3.42. The van der Waals surface area contributed by atoms with E-state index in [-0.39, 0.29) is 16.9 Å². The van der Waals surface area contributed by atoms with Crippen LogP contribution in [0, 0.1) is 0 Å². The Bertz CT molecular complexity index is 1130. The molecule has 0 unspecified atom stereocenters. The van der Waals surface area contributed by atoms with Gasteiger partial charge in [0.15, 0.2) is 0 Å². The first-order valence-corrected chi connectivity index (χ1v) is 9.85. The predicted molar refractivity (Wildman–Crippen MR) is 108 cm³/mol. The van der Waals surface area contributed by atoms with Gasteiger partial charge in [0.25, 0.3) is 11.5 Å². The minimum absolute atomic E-state index is 0.0443. The summed E-state index contributed by atoms with van der Waals surface area (Å²) in [4.78, 5) is 35.1. The van der Waals surface area contributed by atoms with Crippen molar-refractivity contribution in [2.45, 2.75) is 31.1 Å². The van der Waals surface area contributed by atoms with Crippen molar-refractivity contribution in [1.82, 2.24) is 25.1 Å². The van der Waals surface area contributed by atoms with Crippen LogP contribution in [0.3, 0.4) is 0 Å². The maximum atomic E-state index is 12.7. The van der Waals surface area contributed by atoms with Gasteiger partial charge in [-0.15, -0.1) is 0 Å². The summed E-state index contributed by atoms with van der Waals surface area (Å²) in [5.41, 5.74) is 8.45. The number of hydrogen-bond donors (Lipinski definition) is 3. The molecule has 1 saturated heterocycles. The van der Waals surface area contributed by atoms with Crippen molar-refractivity contribution < 1.29 is 4.79 Å². The number of fused-ring (bicyclic) bond motifs is 2. The molecule has 3 heterocycles. The molecule has 1 aliphatic carbocycles. The Balaban J connectivity index is 1.42. The number of piperidine rings is 1. The number of amides is 1. The van der Waals surface area contributed by atoms with Crippen LogP contribution in [0.1, 0.15) is 41.0 Å². The molecule has 1 aromatic carbocycles. The van der Waals surface area contributed by atoms with Crippen molar-refractivity contribution in [2.24, 2.45) is 0 Å². The average Bonchev–Trinajstić information content (AvgIpc) is 3.33. The first-order chi connectivity index (χ1) is 14.1. The molecule has 0 saturated carbocycles. The molecule has 8 nitrogen and oxygen atoms in total. The molecule has 4 N–H and O–H groups in total. The topological polar surface area (TPSA) is 121 Å². The molecular weight excluding hydrogens is 368 g/mol. The number of carbonyl (C=O) groups excluding carboxylic acids is 1. The third kappa shape index (κ3) is 2.91. The van der Waals surface area contributed by atoms with Crippen LogP contribution in [0.25, 0.3) is 11.4 Å². The Morgan fingerprint density at radius 2 is 1.90 bits per heavy atom. The fraction of sp³-hybridized carbons (Fsp3) is 0.333. The number of rotatable bonds is 2. The molecule has 148 valence electrons. The summed E-state index contributed by atoms with van der Waals surface area (Å²) in [7, 11) is 0. The minimum atomic E-state index is -0.142. The fourth-order valence-electron chi connectivity index (χ4n) is 4.63. The average molecular weight is 390 g/mol. The third-order valence-electron chi connectivity index (χ3n) is 6.25. The molecule has 1 aliphatic heterocycles. The molecule has 2 aromatic heterocycles. The second-order valence-corrected chi connectivity index (χ2v) is 7.89. The maximum Gasteiger partial charge on any atom is 0.271 e. The number of anilines is 1. The lowest BCUT2D eigenvalue weighted by molar-refractivity contribution is 0.0657. The van der Waals surface area contributed by atoms with E-state index in [1.807, 2.05) is 35.2 Å². The summed E-state index contributed by atoms with van der Waals surface area (Å²) in [6.07, 6.45) is 3.22. The second kappa shape index (κ2) is 6.58. The Morgan fingerprint density at radius 1 is 1.14 bits per heavy atom. The monoisotopic (exact) mass is 390 g/mol. The van der Waals surface area contributed by atoms with E-state index in [1.54, 1.807) is 6.07 Å². The Labute approximate surface area is 167 Å². The molecule has 2 aliphatic rings. The molecule has 8 heteroatoms. The quantitative estimate of drug-likeness (QED) is 0.617. The number of aromatic nitrogens is 4. The van der Waals surface area contributed by atoms with E-state index < -0.39 is 0 Å². The summed E-state index contributed by atoms with van der Waals surface area (Å²) in [5.74, 6) is 0.830. The van der Waals surface area contributed by atoms with Crippen LogP contribution in [0.2, 0.25) is 0 Å². The van der Waals surface area contributed by atoms with Gasteiger partial charge in [-0.2, -0.15) is 5.10 Å². The number of nitrogen functional groups attached to an aromatic ring is 1. The molecule has 1 amide bonds. The van der Waals surface area contributed by atoms with Gasteiger partial charge >= 0.3 is 0 Å². The number of carbonyl (C=O) groups is 1. The van der Waals surface area contributed by atoms with Crippen molar-refractivity contribution in [1.29, 1.82) is 0 Å². The number of benzene rings is 1. The van der Waals surface area contributed by atoms with Gasteiger partial charge in [-0.1, -0.05) is 30.3 Å². The van der Waals surface area contributed by atoms with Gasteiger partial charge in [-0.05, 0) is 25.7 Å². The second-order valence-electron chi connectivity index (χ2n) is 7.89. The van der Waals surface area contributed by atoms with E-state index in [4.69, 9.17) is 10.7 Å². The highest BCUT2D eigenvalue weighted by Crippen LogP contribution is 2.44. The van der Waals surface area contributed by atoms with Crippen LogP contribution in [0.15, 0.2) is 41.2 Å². The van der Waals surface area contributed by atoms with E-state index in [9.17, 15) is 9.59 Å². The standard InChI is InChI=1S/C21H22N6O2/c22-16-12-15(25-26-16)20(29)27-10-8-21(9-11-27)7-6-14-17(21)23-18(24-19(14)28)13-4-2-1-3-5-13/h1-5,12H,6-11H2,(H3,22,25,26)(H,23,24,28). The molecule has 0 bridgehead atoms. The lowest BCUT2D eigenvalue weighted by Crippen LogP contribution is -2.45. The molecule has 0 atom stereocenters. The molecule has 5 rings (SSSR count). The minimum Gasteiger partial charge on any atom is -0.382 e. The molecule has 1 spiro atoms. The van der Waals surface area contributed by atoms with Gasteiger partial charge in [0.1, 0.15) is 17.3 Å². The highest BCUT2D eigenvalue weighted by atomic mass is 16.2. The lowest BCUT2D eigenvalue weighted by atomic mass is 9.76. The van der Waals surface area contributed by atoms with Crippen molar-refractivity contribution in [2.75, 3.05) is 18.8 Å². The van der Waals surface area contributed by atoms with E-state index >= 15 is 0 Å². The van der Waals surface area contributed by atoms with Crippen LogP contribution in [-0.4, -0.2) is 44.1 Å². The van der Waals surface area contributed by atoms with Crippen LogP contribution < -0.4 is 11.3 Å². The molecule has 29 heavy (non-hydrogen) atoms. The summed E-state index contributed by atoms with van der Waals surface area (Å²) in [5, 5.41) is 6.53. The maximum absolute atomic E-state index is 12.7. The number of H-pyrrole nitrogens is 2. The zero-order valence-electron chi connectivity index (χ0n) is 15.9. The van der Waals surface area contributed by atoms with E-state index in [2.05, 4.69) is 15.2 Å². The van der Waals surface area contributed by atoms with E-state index in [0.29, 0.717) is 30.4 Å². The normalized spacial score (nSPS) is 17.4. The van der Waals surface area contributed by atoms with Crippen LogP contribution >= 0.6 is 0 Å². The summed E-state index contributed by atoms with van der Waals surface area (Å²) in [6.45, 7) is 1.23. The van der Waals surface area contributed by atoms with Crippen molar-refractivity contribution in [3.63, 3.8) is 0 Å². The number of aromatic amines is 2. The number of hydrogen-bond acceptors (Lipinski definition) is 5. The Morgan fingerprint density at radius 3 is 2.59 bits per heavy atom. The smallest absolute Gasteiger partial charge is 0.271 e. The predicted octanol–water partition coefficient (Wildman–Crippen LogP) is 1.86. The van der Waals surface area contributed by atoms with Gasteiger partial charge in [-0.25, -0.2) is 4.98 Å². The highest BCUT2D eigenvalue weighted by Gasteiger charge is 2.44. The van der Waals surface area contributed by atoms with Crippen molar-refractivity contribution >= 4 is 11.7 Å². The molecular formula is C21H22N6O2. The molecule has 0 radical (unpaired) electrons. The number of nitrogens with zero attached hydrogens (tertiary/aromatic N) is 3. The van der Waals surface area contributed by atoms with Crippen LogP contribution in [0.4, 0.5) is 5.82 Å². The summed E-state index contributed by atoms with van der Waals surface area (Å²) >= 11 is 0. The van der Waals surface area contributed by atoms with Crippen molar-refractivity contribution in [3.05, 3.63) is 63.7 Å². The van der Waals surface area contributed by atoms with Gasteiger partial charge < -0.3 is 15.6 Å². The summed E-state index contributed by atoms with van der Waals surface area (Å²) in [6, 6.07) is 11.3.